The molecule has 1 fully saturated rings. The number of nitrogens with one attached hydrogen (secondary N) is 1. The summed E-state index contributed by atoms with van der Waals surface area (Å²) in [5.41, 5.74) is -0.545. The predicted octanol–water partition coefficient (Wildman–Crippen LogP) is 2.96. The van der Waals surface area contributed by atoms with E-state index < -0.39 is 5.54 Å². The first-order valence-corrected chi connectivity index (χ1v) is 8.64. The summed E-state index contributed by atoms with van der Waals surface area (Å²) in [6.45, 7) is 9.38. The van der Waals surface area contributed by atoms with E-state index in [2.05, 4.69) is 17.1 Å². The highest BCUT2D eigenvalue weighted by Crippen LogP contribution is 2.21. The van der Waals surface area contributed by atoms with E-state index in [-0.39, 0.29) is 5.97 Å². The summed E-state index contributed by atoms with van der Waals surface area (Å²) in [6, 6.07) is 0.732. The second-order valence-electron chi connectivity index (χ2n) is 6.40. The summed E-state index contributed by atoms with van der Waals surface area (Å²) in [6.07, 6.45) is 8.49. The van der Waals surface area contributed by atoms with Crippen molar-refractivity contribution < 1.29 is 9.53 Å². The van der Waals surface area contributed by atoms with Crippen LogP contribution in [0.15, 0.2) is 0 Å². The van der Waals surface area contributed by atoms with Crippen molar-refractivity contribution in [3.63, 3.8) is 0 Å². The van der Waals surface area contributed by atoms with Crippen LogP contribution in [-0.4, -0.2) is 49.2 Å². The lowest BCUT2D eigenvalue weighted by Crippen LogP contribution is -2.50. The number of methoxy groups -OCH3 is 1. The number of carbonyl (C=O) groups excluding carboxylic acids is 1. The fourth-order valence-corrected chi connectivity index (χ4v) is 3.51. The van der Waals surface area contributed by atoms with Crippen molar-refractivity contribution in [2.24, 2.45) is 0 Å². The summed E-state index contributed by atoms with van der Waals surface area (Å²) in [5, 5.41) is 3.29. The molecule has 0 aliphatic carbocycles. The Morgan fingerprint density at radius 1 is 1.33 bits per heavy atom. The molecule has 0 aromatic rings. The Labute approximate surface area is 130 Å². The van der Waals surface area contributed by atoms with Gasteiger partial charge in [0.1, 0.15) is 5.54 Å². The molecule has 2 atom stereocenters. The topological polar surface area (TPSA) is 41.6 Å². The molecule has 2 unspecified atom stereocenters. The Morgan fingerprint density at radius 3 is 2.71 bits per heavy atom. The Bertz CT molecular complexity index is 309. The molecular weight excluding hydrogens is 264 g/mol. The highest BCUT2D eigenvalue weighted by molar-refractivity contribution is 5.80. The fourth-order valence-electron chi connectivity index (χ4n) is 3.51. The van der Waals surface area contributed by atoms with Crippen LogP contribution in [0.1, 0.15) is 65.7 Å². The van der Waals surface area contributed by atoms with Crippen molar-refractivity contribution in [1.29, 1.82) is 0 Å². The SMILES string of the molecule is CCNC(C)(CCCN1CCCCCC1CC)C(=O)OC. The predicted molar refractivity (Wildman–Crippen MR) is 87.5 cm³/mol. The van der Waals surface area contributed by atoms with Gasteiger partial charge >= 0.3 is 5.97 Å². The summed E-state index contributed by atoms with van der Waals surface area (Å²) in [5.74, 6) is -0.146. The zero-order chi connectivity index (χ0) is 15.7. The summed E-state index contributed by atoms with van der Waals surface area (Å²) >= 11 is 0. The summed E-state index contributed by atoms with van der Waals surface area (Å²) < 4.78 is 4.96. The van der Waals surface area contributed by atoms with Crippen molar-refractivity contribution in [3.8, 4) is 0 Å². The monoisotopic (exact) mass is 298 g/mol. The van der Waals surface area contributed by atoms with Gasteiger partial charge in [0.05, 0.1) is 7.11 Å². The number of likely N-dealkylation sites (tertiary alicyclic amines) is 1. The van der Waals surface area contributed by atoms with E-state index in [0.717, 1.165) is 32.0 Å². The Hall–Kier alpha value is -0.610. The Balaban J connectivity index is 2.50. The third-order valence-corrected chi connectivity index (χ3v) is 4.80. The lowest BCUT2D eigenvalue weighted by Gasteiger charge is -2.32. The third kappa shape index (κ3) is 5.59. The molecule has 0 radical (unpaired) electrons. The van der Waals surface area contributed by atoms with Gasteiger partial charge in [-0.3, -0.25) is 4.79 Å². The van der Waals surface area contributed by atoms with Gasteiger partial charge < -0.3 is 15.0 Å². The van der Waals surface area contributed by atoms with Gasteiger partial charge in [-0.1, -0.05) is 26.7 Å². The molecule has 0 aromatic carbocycles. The van der Waals surface area contributed by atoms with Crippen LogP contribution in [0.4, 0.5) is 0 Å². The van der Waals surface area contributed by atoms with Gasteiger partial charge in [-0.05, 0) is 58.7 Å². The van der Waals surface area contributed by atoms with Crippen molar-refractivity contribution in [2.75, 3.05) is 26.7 Å². The van der Waals surface area contributed by atoms with Crippen LogP contribution in [0.5, 0.6) is 0 Å². The van der Waals surface area contributed by atoms with Gasteiger partial charge in [-0.2, -0.15) is 0 Å². The maximum absolute atomic E-state index is 12.0. The molecule has 0 aromatic heterocycles. The molecule has 0 spiro atoms. The first kappa shape index (κ1) is 18.4. The molecule has 1 heterocycles. The molecule has 4 heteroatoms. The highest BCUT2D eigenvalue weighted by atomic mass is 16.5. The van der Waals surface area contributed by atoms with E-state index in [1.807, 2.05) is 13.8 Å². The Kier molecular flexibility index (Phi) is 8.27. The fraction of sp³-hybridized carbons (Fsp3) is 0.941. The van der Waals surface area contributed by atoms with Crippen LogP contribution in [0.3, 0.4) is 0 Å². The van der Waals surface area contributed by atoms with Crippen LogP contribution in [-0.2, 0) is 9.53 Å². The lowest BCUT2D eigenvalue weighted by molar-refractivity contribution is -0.148. The average Bonchev–Trinajstić information content (AvgIpc) is 2.71. The summed E-state index contributed by atoms with van der Waals surface area (Å²) in [7, 11) is 1.47. The molecule has 124 valence electrons. The lowest BCUT2D eigenvalue weighted by atomic mass is 9.95. The molecule has 4 nitrogen and oxygen atoms in total. The largest absolute Gasteiger partial charge is 0.468 e. The number of hydrogen-bond donors (Lipinski definition) is 1. The van der Waals surface area contributed by atoms with E-state index in [9.17, 15) is 4.79 Å². The molecule has 1 N–H and O–H groups in total. The molecule has 0 bridgehead atoms. The van der Waals surface area contributed by atoms with Crippen LogP contribution in [0, 0.1) is 0 Å². The quantitative estimate of drug-likeness (QED) is 0.700. The number of likely N-dealkylation sites (N-methyl/N-ethyl adjacent to an activating group) is 1. The van der Waals surface area contributed by atoms with Crippen LogP contribution >= 0.6 is 0 Å². The van der Waals surface area contributed by atoms with Crippen LogP contribution in [0.2, 0.25) is 0 Å². The molecule has 21 heavy (non-hydrogen) atoms. The van der Waals surface area contributed by atoms with Gasteiger partial charge in [0.15, 0.2) is 0 Å². The molecule has 1 aliphatic rings. The number of nitrogens with zero attached hydrogens (tertiary/aromatic N) is 1. The van der Waals surface area contributed by atoms with E-state index in [1.54, 1.807) is 0 Å². The van der Waals surface area contributed by atoms with E-state index in [4.69, 9.17) is 4.74 Å². The van der Waals surface area contributed by atoms with Gasteiger partial charge in [-0.15, -0.1) is 0 Å². The number of esters is 1. The third-order valence-electron chi connectivity index (χ3n) is 4.80. The summed E-state index contributed by atoms with van der Waals surface area (Å²) in [4.78, 5) is 14.6. The van der Waals surface area contributed by atoms with Crippen molar-refractivity contribution in [2.45, 2.75) is 77.3 Å². The molecule has 0 amide bonds. The molecule has 0 saturated carbocycles. The molecule has 1 saturated heterocycles. The van der Waals surface area contributed by atoms with E-state index in [0.29, 0.717) is 0 Å². The minimum Gasteiger partial charge on any atom is -0.468 e. The zero-order valence-corrected chi connectivity index (χ0v) is 14.4. The highest BCUT2D eigenvalue weighted by Gasteiger charge is 2.33. The maximum atomic E-state index is 12.0. The number of hydrogen-bond acceptors (Lipinski definition) is 4. The van der Waals surface area contributed by atoms with E-state index in [1.165, 1.54) is 45.8 Å². The van der Waals surface area contributed by atoms with E-state index >= 15 is 0 Å². The Morgan fingerprint density at radius 2 is 2.10 bits per heavy atom. The first-order chi connectivity index (χ1) is 10.1. The first-order valence-electron chi connectivity index (χ1n) is 8.64. The van der Waals surface area contributed by atoms with Crippen molar-refractivity contribution in [3.05, 3.63) is 0 Å². The average molecular weight is 298 g/mol. The minimum atomic E-state index is -0.545. The molecule has 1 aliphatic heterocycles. The van der Waals surface area contributed by atoms with Gasteiger partial charge in [0, 0.05) is 6.04 Å². The smallest absolute Gasteiger partial charge is 0.325 e. The van der Waals surface area contributed by atoms with Crippen molar-refractivity contribution >= 4 is 5.97 Å². The van der Waals surface area contributed by atoms with Crippen LogP contribution in [0.25, 0.3) is 0 Å². The van der Waals surface area contributed by atoms with Crippen LogP contribution < -0.4 is 5.32 Å². The second-order valence-corrected chi connectivity index (χ2v) is 6.40. The van der Waals surface area contributed by atoms with Gasteiger partial charge in [0.2, 0.25) is 0 Å². The van der Waals surface area contributed by atoms with Crippen molar-refractivity contribution in [1.82, 2.24) is 10.2 Å². The molecule has 1 rings (SSSR count). The molecular formula is C17H34N2O2. The number of carbonyl (C=O) groups is 1. The second kappa shape index (κ2) is 9.42. The maximum Gasteiger partial charge on any atom is 0.325 e. The number of ether oxygens (including phenoxy) is 1. The normalized spacial score (nSPS) is 23.3. The van der Waals surface area contributed by atoms with Gasteiger partial charge in [0.25, 0.3) is 0 Å². The van der Waals surface area contributed by atoms with Gasteiger partial charge in [-0.25, -0.2) is 0 Å². The zero-order valence-electron chi connectivity index (χ0n) is 14.4. The minimum absolute atomic E-state index is 0.146. The number of rotatable bonds is 8. The standard InChI is InChI=1S/C17H34N2O2/c1-5-15-11-8-7-9-13-19(15)14-10-12-17(3,18-6-2)16(20)21-4/h15,18H,5-14H2,1-4H3.